The normalized spacial score (nSPS) is 10.4. The molecule has 1 N–H and O–H groups in total. The predicted molar refractivity (Wildman–Crippen MR) is 84.4 cm³/mol. The summed E-state index contributed by atoms with van der Waals surface area (Å²) in [7, 11) is 0. The van der Waals surface area contributed by atoms with E-state index in [1.807, 2.05) is 0 Å². The maximum absolute atomic E-state index is 13.2. The van der Waals surface area contributed by atoms with Gasteiger partial charge in [-0.1, -0.05) is 33.6 Å². The molecule has 0 aliphatic rings. The van der Waals surface area contributed by atoms with E-state index in [4.69, 9.17) is 11.6 Å². The lowest BCUT2D eigenvalue weighted by Crippen LogP contribution is -2.23. The SMILES string of the molecule is O=C(NCc1cc(F)ccc1Br)c1cccc(Br)c1Cl. The van der Waals surface area contributed by atoms with Gasteiger partial charge in [-0.3, -0.25) is 4.79 Å². The van der Waals surface area contributed by atoms with E-state index in [1.54, 1.807) is 24.3 Å². The Labute approximate surface area is 137 Å². The number of halogens is 4. The lowest BCUT2D eigenvalue weighted by molar-refractivity contribution is 0.0951. The van der Waals surface area contributed by atoms with Crippen LogP contribution in [0.3, 0.4) is 0 Å². The van der Waals surface area contributed by atoms with E-state index in [9.17, 15) is 9.18 Å². The Morgan fingerprint density at radius 3 is 2.70 bits per heavy atom. The zero-order valence-corrected chi connectivity index (χ0v) is 14.0. The second-order valence-corrected chi connectivity index (χ2v) is 6.11. The molecule has 0 fully saturated rings. The Balaban J connectivity index is 2.13. The van der Waals surface area contributed by atoms with Crippen LogP contribution in [0, 0.1) is 5.82 Å². The van der Waals surface area contributed by atoms with Crippen molar-refractivity contribution in [3.8, 4) is 0 Å². The number of hydrogen-bond donors (Lipinski definition) is 1. The molecule has 2 rings (SSSR count). The highest BCUT2D eigenvalue weighted by molar-refractivity contribution is 9.10. The average molecular weight is 421 g/mol. The van der Waals surface area contributed by atoms with Crippen LogP contribution in [0.1, 0.15) is 15.9 Å². The minimum Gasteiger partial charge on any atom is -0.348 e. The number of benzene rings is 2. The van der Waals surface area contributed by atoms with Gasteiger partial charge in [0.1, 0.15) is 5.82 Å². The zero-order valence-electron chi connectivity index (χ0n) is 10.1. The fourth-order valence-electron chi connectivity index (χ4n) is 1.63. The Kier molecular flexibility index (Phi) is 5.18. The highest BCUT2D eigenvalue weighted by atomic mass is 79.9. The van der Waals surface area contributed by atoms with Crippen molar-refractivity contribution in [2.24, 2.45) is 0 Å². The van der Waals surface area contributed by atoms with Crippen LogP contribution >= 0.6 is 43.5 Å². The highest BCUT2D eigenvalue weighted by Gasteiger charge is 2.12. The van der Waals surface area contributed by atoms with E-state index >= 15 is 0 Å². The van der Waals surface area contributed by atoms with Gasteiger partial charge in [0.05, 0.1) is 10.6 Å². The third-order valence-electron chi connectivity index (χ3n) is 2.64. The number of rotatable bonds is 3. The van der Waals surface area contributed by atoms with Crippen LogP contribution < -0.4 is 5.32 Å². The summed E-state index contributed by atoms with van der Waals surface area (Å²) in [5.41, 5.74) is 1.03. The van der Waals surface area contributed by atoms with Crippen LogP contribution in [0.15, 0.2) is 45.3 Å². The Morgan fingerprint density at radius 2 is 1.95 bits per heavy atom. The topological polar surface area (TPSA) is 29.1 Å². The van der Waals surface area contributed by atoms with Crippen molar-refractivity contribution in [2.45, 2.75) is 6.54 Å². The first-order chi connectivity index (χ1) is 9.49. The summed E-state index contributed by atoms with van der Waals surface area (Å²) in [4.78, 5) is 12.1. The molecule has 0 aliphatic heterocycles. The van der Waals surface area contributed by atoms with Crippen LogP contribution in [-0.4, -0.2) is 5.91 Å². The molecule has 0 atom stereocenters. The van der Waals surface area contributed by atoms with Crippen LogP contribution in [-0.2, 0) is 6.54 Å². The van der Waals surface area contributed by atoms with E-state index in [0.717, 1.165) is 4.47 Å². The molecule has 104 valence electrons. The molecule has 2 aromatic carbocycles. The lowest BCUT2D eigenvalue weighted by Gasteiger charge is -2.09. The van der Waals surface area contributed by atoms with Crippen molar-refractivity contribution in [3.05, 3.63) is 67.3 Å². The molecule has 2 aromatic rings. The van der Waals surface area contributed by atoms with E-state index in [1.165, 1.54) is 12.1 Å². The van der Waals surface area contributed by atoms with E-state index in [-0.39, 0.29) is 18.3 Å². The van der Waals surface area contributed by atoms with Gasteiger partial charge in [-0.05, 0) is 51.8 Å². The number of hydrogen-bond acceptors (Lipinski definition) is 1. The van der Waals surface area contributed by atoms with Gasteiger partial charge in [-0.2, -0.15) is 0 Å². The first kappa shape index (κ1) is 15.5. The molecular weight excluding hydrogens is 412 g/mol. The summed E-state index contributed by atoms with van der Waals surface area (Å²) in [6.45, 7) is 0.208. The molecule has 2 nitrogen and oxygen atoms in total. The van der Waals surface area contributed by atoms with Gasteiger partial charge >= 0.3 is 0 Å². The highest BCUT2D eigenvalue weighted by Crippen LogP contribution is 2.26. The first-order valence-electron chi connectivity index (χ1n) is 5.65. The summed E-state index contributed by atoms with van der Waals surface area (Å²) in [6.07, 6.45) is 0. The molecule has 0 saturated carbocycles. The second kappa shape index (κ2) is 6.70. The van der Waals surface area contributed by atoms with Gasteiger partial charge in [0, 0.05) is 15.5 Å². The molecule has 0 aromatic heterocycles. The van der Waals surface area contributed by atoms with E-state index < -0.39 is 0 Å². The second-order valence-electron chi connectivity index (χ2n) is 4.02. The summed E-state index contributed by atoms with van der Waals surface area (Å²) < 4.78 is 14.5. The summed E-state index contributed by atoms with van der Waals surface area (Å²) in [5.74, 6) is -0.662. The molecule has 20 heavy (non-hydrogen) atoms. The standard InChI is InChI=1S/C14H9Br2ClFNO/c15-11-5-4-9(18)6-8(11)7-19-14(20)10-2-1-3-12(16)13(10)17/h1-6H,7H2,(H,19,20). The van der Waals surface area contributed by atoms with Crippen LogP contribution in [0.5, 0.6) is 0 Å². The van der Waals surface area contributed by atoms with Crippen molar-refractivity contribution in [3.63, 3.8) is 0 Å². The Bertz CT molecular complexity index is 664. The lowest BCUT2D eigenvalue weighted by atomic mass is 10.2. The van der Waals surface area contributed by atoms with Gasteiger partial charge in [0.15, 0.2) is 0 Å². The minimum absolute atomic E-state index is 0.208. The van der Waals surface area contributed by atoms with Crippen molar-refractivity contribution in [1.82, 2.24) is 5.32 Å². The maximum Gasteiger partial charge on any atom is 0.253 e. The third kappa shape index (κ3) is 3.59. The van der Waals surface area contributed by atoms with Crippen molar-refractivity contribution in [2.75, 3.05) is 0 Å². The molecule has 0 bridgehead atoms. The van der Waals surface area contributed by atoms with Gasteiger partial charge in [0.2, 0.25) is 0 Å². The Morgan fingerprint density at radius 1 is 1.20 bits per heavy atom. The monoisotopic (exact) mass is 419 g/mol. The number of carbonyl (C=O) groups excluding carboxylic acids is 1. The van der Waals surface area contributed by atoms with Crippen LogP contribution in [0.4, 0.5) is 4.39 Å². The quantitative estimate of drug-likeness (QED) is 0.748. The minimum atomic E-state index is -0.349. The third-order valence-corrected chi connectivity index (χ3v) is 4.71. The van der Waals surface area contributed by atoms with Gasteiger partial charge in [0.25, 0.3) is 5.91 Å². The maximum atomic E-state index is 13.2. The summed E-state index contributed by atoms with van der Waals surface area (Å²) >= 11 is 12.6. The number of carbonyl (C=O) groups is 1. The molecular formula is C14H9Br2ClFNO. The first-order valence-corrected chi connectivity index (χ1v) is 7.61. The zero-order chi connectivity index (χ0) is 14.7. The molecule has 1 amide bonds. The molecule has 0 radical (unpaired) electrons. The molecule has 0 heterocycles. The van der Waals surface area contributed by atoms with E-state index in [2.05, 4.69) is 37.2 Å². The molecule has 0 aliphatic carbocycles. The van der Waals surface area contributed by atoms with E-state index in [0.29, 0.717) is 20.6 Å². The van der Waals surface area contributed by atoms with Crippen molar-refractivity contribution >= 4 is 49.4 Å². The van der Waals surface area contributed by atoms with Gasteiger partial charge in [-0.25, -0.2) is 4.39 Å². The largest absolute Gasteiger partial charge is 0.348 e. The molecule has 6 heteroatoms. The van der Waals surface area contributed by atoms with Crippen molar-refractivity contribution < 1.29 is 9.18 Å². The van der Waals surface area contributed by atoms with Gasteiger partial charge in [-0.15, -0.1) is 0 Å². The van der Waals surface area contributed by atoms with Gasteiger partial charge < -0.3 is 5.32 Å². The number of nitrogens with one attached hydrogen (secondary N) is 1. The predicted octanol–water partition coefficient (Wildman–Crippen LogP) is 4.93. The Hall–Kier alpha value is -0.910. The van der Waals surface area contributed by atoms with Crippen LogP contribution in [0.2, 0.25) is 5.02 Å². The average Bonchev–Trinajstić information content (AvgIpc) is 2.42. The van der Waals surface area contributed by atoms with Crippen molar-refractivity contribution in [1.29, 1.82) is 0 Å². The molecule has 0 saturated heterocycles. The fraction of sp³-hybridized carbons (Fsp3) is 0.0714. The van der Waals surface area contributed by atoms with Crippen LogP contribution in [0.25, 0.3) is 0 Å². The summed E-state index contributed by atoms with van der Waals surface area (Å²) in [6, 6.07) is 9.42. The fourth-order valence-corrected chi connectivity index (χ4v) is 2.59. The molecule has 0 unspecified atom stereocenters. The smallest absolute Gasteiger partial charge is 0.253 e. The molecule has 0 spiro atoms. The number of amides is 1. The summed E-state index contributed by atoms with van der Waals surface area (Å²) in [5, 5.41) is 3.06.